The fraction of sp³-hybridized carbons (Fsp3) is 0.261. The Kier molecular flexibility index (Phi) is 5.91. The first-order chi connectivity index (χ1) is 14.9. The summed E-state index contributed by atoms with van der Waals surface area (Å²) in [5.74, 6) is 0.261. The Balaban J connectivity index is 1.65. The maximum Gasteiger partial charge on any atom is 0.573 e. The molecule has 2 heterocycles. The number of ether oxygens (including phenoxy) is 2. The molecule has 0 bridgehead atoms. The molecule has 162 valence electrons. The van der Waals surface area contributed by atoms with Crippen molar-refractivity contribution in [3.8, 4) is 11.5 Å². The summed E-state index contributed by atoms with van der Waals surface area (Å²) in [4.78, 5) is 16.3. The molecule has 0 saturated heterocycles. The van der Waals surface area contributed by atoms with E-state index in [9.17, 15) is 18.0 Å². The molecule has 0 saturated carbocycles. The Morgan fingerprint density at radius 2 is 1.74 bits per heavy atom. The molecule has 1 atom stereocenters. The van der Waals surface area contributed by atoms with Crippen molar-refractivity contribution < 1.29 is 27.4 Å². The number of thiophene rings is 1. The number of nitrogens with zero attached hydrogens (tertiary/aromatic N) is 1. The zero-order chi connectivity index (χ0) is 22.0. The number of amides is 1. The summed E-state index contributed by atoms with van der Waals surface area (Å²) in [7, 11) is 0. The van der Waals surface area contributed by atoms with Gasteiger partial charge in [0.15, 0.2) is 0 Å². The van der Waals surface area contributed by atoms with Crippen LogP contribution in [0.4, 0.5) is 13.2 Å². The Hall–Kier alpha value is -3.00. The highest BCUT2D eigenvalue weighted by atomic mass is 32.1. The van der Waals surface area contributed by atoms with Gasteiger partial charge in [-0.2, -0.15) is 0 Å². The maximum atomic E-state index is 13.4. The molecule has 0 N–H and O–H groups in total. The highest BCUT2D eigenvalue weighted by molar-refractivity contribution is 7.10. The van der Waals surface area contributed by atoms with Crippen molar-refractivity contribution in [3.05, 3.63) is 81.5 Å². The number of halogens is 3. The van der Waals surface area contributed by atoms with Crippen LogP contribution >= 0.6 is 11.3 Å². The first-order valence-corrected chi connectivity index (χ1v) is 10.7. The van der Waals surface area contributed by atoms with E-state index in [0.29, 0.717) is 24.5 Å². The van der Waals surface area contributed by atoms with Crippen LogP contribution in [0.25, 0.3) is 0 Å². The van der Waals surface area contributed by atoms with Gasteiger partial charge in [-0.15, -0.1) is 24.5 Å². The number of carbonyl (C=O) groups is 1. The van der Waals surface area contributed by atoms with Gasteiger partial charge < -0.3 is 14.4 Å². The summed E-state index contributed by atoms with van der Waals surface area (Å²) in [5, 5.41) is 1.98. The lowest BCUT2D eigenvalue weighted by molar-refractivity contribution is -0.274. The number of alkyl halides is 3. The van der Waals surface area contributed by atoms with Crippen molar-refractivity contribution in [2.75, 3.05) is 13.2 Å². The molecule has 0 fully saturated rings. The molecule has 1 amide bonds. The van der Waals surface area contributed by atoms with E-state index in [2.05, 4.69) is 4.74 Å². The highest BCUT2D eigenvalue weighted by Crippen LogP contribution is 2.39. The molecule has 8 heteroatoms. The largest absolute Gasteiger partial charge is 0.573 e. The lowest BCUT2D eigenvalue weighted by Gasteiger charge is -2.36. The van der Waals surface area contributed by atoms with Crippen LogP contribution in [0.3, 0.4) is 0 Å². The van der Waals surface area contributed by atoms with E-state index >= 15 is 0 Å². The van der Waals surface area contributed by atoms with Crippen molar-refractivity contribution in [2.45, 2.75) is 25.7 Å². The van der Waals surface area contributed by atoms with Gasteiger partial charge in [0.1, 0.15) is 11.5 Å². The van der Waals surface area contributed by atoms with Gasteiger partial charge >= 0.3 is 6.36 Å². The first-order valence-electron chi connectivity index (χ1n) is 9.81. The van der Waals surface area contributed by atoms with Crippen LogP contribution in [0, 0.1) is 0 Å². The molecule has 2 aromatic carbocycles. The zero-order valence-electron chi connectivity index (χ0n) is 16.7. The van der Waals surface area contributed by atoms with E-state index in [1.54, 1.807) is 52.6 Å². The van der Waals surface area contributed by atoms with Crippen LogP contribution in [0.1, 0.15) is 39.3 Å². The molecule has 4 rings (SSSR count). The minimum absolute atomic E-state index is 0.138. The molecule has 1 aliphatic heterocycles. The van der Waals surface area contributed by atoms with Gasteiger partial charge in [-0.25, -0.2) is 0 Å². The third-order valence-corrected chi connectivity index (χ3v) is 6.06. The Morgan fingerprint density at radius 3 is 2.39 bits per heavy atom. The molecule has 0 spiro atoms. The number of hydrogen-bond acceptors (Lipinski definition) is 4. The van der Waals surface area contributed by atoms with Crippen LogP contribution in [0.15, 0.2) is 60.0 Å². The van der Waals surface area contributed by atoms with E-state index in [0.717, 1.165) is 17.5 Å². The lowest BCUT2D eigenvalue weighted by atomic mass is 9.92. The normalized spacial score (nSPS) is 16.0. The van der Waals surface area contributed by atoms with Gasteiger partial charge in [-0.1, -0.05) is 12.1 Å². The quantitative estimate of drug-likeness (QED) is 0.494. The van der Waals surface area contributed by atoms with E-state index in [1.165, 1.54) is 17.0 Å². The molecule has 3 aromatic rings. The minimum atomic E-state index is -4.75. The molecule has 0 aliphatic carbocycles. The molecular formula is C23H20F3NO3S. The number of carbonyl (C=O) groups excluding carboxylic acids is 1. The van der Waals surface area contributed by atoms with Crippen LogP contribution < -0.4 is 9.47 Å². The second kappa shape index (κ2) is 8.63. The van der Waals surface area contributed by atoms with Gasteiger partial charge in [-0.3, -0.25) is 4.79 Å². The first kappa shape index (κ1) is 21.2. The smallest absolute Gasteiger partial charge is 0.494 e. The minimum Gasteiger partial charge on any atom is -0.494 e. The molecular weight excluding hydrogens is 427 g/mol. The summed E-state index contributed by atoms with van der Waals surface area (Å²) in [5.41, 5.74) is 2.26. The van der Waals surface area contributed by atoms with Crippen LogP contribution in [0.5, 0.6) is 11.5 Å². The van der Waals surface area contributed by atoms with E-state index in [1.807, 2.05) is 18.4 Å². The van der Waals surface area contributed by atoms with Crippen LogP contribution in [0.2, 0.25) is 0 Å². The van der Waals surface area contributed by atoms with Crippen LogP contribution in [-0.2, 0) is 6.42 Å². The van der Waals surface area contributed by atoms with Gasteiger partial charge in [0.25, 0.3) is 5.91 Å². The van der Waals surface area contributed by atoms with Gasteiger partial charge in [0.2, 0.25) is 0 Å². The average Bonchev–Trinajstić information content (AvgIpc) is 3.22. The van der Waals surface area contributed by atoms with Crippen molar-refractivity contribution >= 4 is 17.2 Å². The van der Waals surface area contributed by atoms with E-state index in [-0.39, 0.29) is 17.7 Å². The highest BCUT2D eigenvalue weighted by Gasteiger charge is 2.34. The maximum absolute atomic E-state index is 13.4. The number of benzene rings is 2. The zero-order valence-corrected chi connectivity index (χ0v) is 17.5. The Bertz CT molecular complexity index is 1050. The molecule has 31 heavy (non-hydrogen) atoms. The van der Waals surface area contributed by atoms with Crippen molar-refractivity contribution in [1.82, 2.24) is 4.90 Å². The third kappa shape index (κ3) is 4.69. The van der Waals surface area contributed by atoms with Gasteiger partial charge in [0, 0.05) is 17.0 Å². The Labute approximate surface area is 181 Å². The molecule has 0 radical (unpaired) electrons. The monoisotopic (exact) mass is 447 g/mol. The van der Waals surface area contributed by atoms with Crippen molar-refractivity contribution in [2.24, 2.45) is 0 Å². The second-order valence-corrected chi connectivity index (χ2v) is 8.03. The molecule has 1 unspecified atom stereocenters. The van der Waals surface area contributed by atoms with E-state index < -0.39 is 6.36 Å². The van der Waals surface area contributed by atoms with Crippen molar-refractivity contribution in [3.63, 3.8) is 0 Å². The predicted molar refractivity (Wildman–Crippen MR) is 112 cm³/mol. The SMILES string of the molecule is CCOc1ccc(C(=O)N2CCc3sccc3C2c2ccc(OC(F)(F)F)cc2)cc1. The summed E-state index contributed by atoms with van der Waals surface area (Å²) in [6, 6.07) is 14.3. The van der Waals surface area contributed by atoms with Gasteiger partial charge in [-0.05, 0) is 72.3 Å². The average molecular weight is 447 g/mol. The number of hydrogen-bond donors (Lipinski definition) is 0. The van der Waals surface area contributed by atoms with Gasteiger partial charge in [0.05, 0.1) is 12.6 Å². The molecule has 1 aliphatic rings. The summed E-state index contributed by atoms with van der Waals surface area (Å²) in [6.45, 7) is 2.95. The van der Waals surface area contributed by atoms with E-state index in [4.69, 9.17) is 4.74 Å². The second-order valence-electron chi connectivity index (χ2n) is 7.02. The summed E-state index contributed by atoms with van der Waals surface area (Å²) in [6.07, 6.45) is -4.01. The number of fused-ring (bicyclic) bond motifs is 1. The fourth-order valence-corrected chi connectivity index (χ4v) is 4.68. The Morgan fingerprint density at radius 1 is 1.06 bits per heavy atom. The molecule has 4 nitrogen and oxygen atoms in total. The third-order valence-electron chi connectivity index (χ3n) is 5.07. The lowest BCUT2D eigenvalue weighted by Crippen LogP contribution is -2.40. The summed E-state index contributed by atoms with van der Waals surface area (Å²) < 4.78 is 46.9. The van der Waals surface area contributed by atoms with Crippen molar-refractivity contribution in [1.29, 1.82) is 0 Å². The summed E-state index contributed by atoms with van der Waals surface area (Å²) >= 11 is 1.62. The fourth-order valence-electron chi connectivity index (χ4n) is 3.77. The molecule has 1 aromatic heterocycles. The van der Waals surface area contributed by atoms with Crippen LogP contribution in [-0.4, -0.2) is 30.3 Å². The number of rotatable bonds is 5. The topological polar surface area (TPSA) is 38.8 Å². The predicted octanol–water partition coefficient (Wildman–Crippen LogP) is 5.83. The standard InChI is InChI=1S/C23H20F3NO3S/c1-2-29-17-7-5-16(6-8-17)22(28)27-13-11-20-19(12-14-31-20)21(27)15-3-9-18(10-4-15)30-23(24,25)26/h3-10,12,14,21H,2,11,13H2,1H3.